The summed E-state index contributed by atoms with van der Waals surface area (Å²) in [6, 6.07) is 10.9. The molecule has 1 N–H and O–H groups in total. The predicted molar refractivity (Wildman–Crippen MR) is 94.4 cm³/mol. The number of rotatable bonds is 6. The van der Waals surface area contributed by atoms with Crippen molar-refractivity contribution in [1.29, 1.82) is 0 Å². The lowest BCUT2D eigenvalue weighted by Gasteiger charge is -2.27. The minimum atomic E-state index is -0.258. The molecule has 132 valence electrons. The van der Waals surface area contributed by atoms with Crippen molar-refractivity contribution in [2.45, 2.75) is 0 Å². The van der Waals surface area contributed by atoms with E-state index in [1.54, 1.807) is 25.4 Å². The molecule has 0 saturated carbocycles. The molecule has 25 heavy (non-hydrogen) atoms. The molecule has 0 radical (unpaired) electrons. The van der Waals surface area contributed by atoms with Gasteiger partial charge in [-0.15, -0.1) is 0 Å². The number of anilines is 2. The lowest BCUT2D eigenvalue weighted by atomic mass is 10.3. The van der Waals surface area contributed by atoms with Gasteiger partial charge < -0.3 is 24.4 Å². The van der Waals surface area contributed by atoms with Crippen LogP contribution in [0.25, 0.3) is 0 Å². The first kappa shape index (κ1) is 17.0. The van der Waals surface area contributed by atoms with Gasteiger partial charge in [-0.1, -0.05) is 12.1 Å². The average Bonchev–Trinajstić information content (AvgIpc) is 2.68. The summed E-state index contributed by atoms with van der Waals surface area (Å²) in [5, 5.41) is 2.77. The molecule has 0 unspecified atom stereocenters. The fraction of sp³-hybridized carbons (Fsp3) is 0.333. The molecule has 7 nitrogen and oxygen atoms in total. The highest BCUT2D eigenvalue weighted by Crippen LogP contribution is 2.25. The molecule has 1 amide bonds. The number of aromatic nitrogens is 1. The van der Waals surface area contributed by atoms with E-state index in [0.29, 0.717) is 30.4 Å². The van der Waals surface area contributed by atoms with Gasteiger partial charge in [0.1, 0.15) is 5.82 Å². The SMILES string of the molecule is COc1ccccc1OCC(=O)Nc1ccc(N2CCOCC2)nc1. The summed E-state index contributed by atoms with van der Waals surface area (Å²) in [5.41, 5.74) is 0.630. The Labute approximate surface area is 146 Å². The maximum absolute atomic E-state index is 12.0. The number of para-hydroxylation sites is 2. The number of morpholine rings is 1. The molecule has 3 rings (SSSR count). The number of carbonyl (C=O) groups excluding carboxylic acids is 1. The van der Waals surface area contributed by atoms with Gasteiger partial charge in [0.05, 0.1) is 32.2 Å². The van der Waals surface area contributed by atoms with Gasteiger partial charge in [0, 0.05) is 13.1 Å². The van der Waals surface area contributed by atoms with Crippen LogP contribution >= 0.6 is 0 Å². The Balaban J connectivity index is 1.52. The molecule has 0 aliphatic carbocycles. The number of benzene rings is 1. The van der Waals surface area contributed by atoms with Crippen molar-refractivity contribution in [2.24, 2.45) is 0 Å². The molecule has 2 aromatic rings. The third-order valence-corrected chi connectivity index (χ3v) is 3.79. The Morgan fingerprint density at radius 1 is 1.20 bits per heavy atom. The van der Waals surface area contributed by atoms with E-state index >= 15 is 0 Å². The van der Waals surface area contributed by atoms with E-state index in [0.717, 1.165) is 18.9 Å². The van der Waals surface area contributed by atoms with Gasteiger partial charge in [0.2, 0.25) is 0 Å². The first-order valence-electron chi connectivity index (χ1n) is 8.10. The monoisotopic (exact) mass is 343 g/mol. The van der Waals surface area contributed by atoms with Crippen LogP contribution in [0.1, 0.15) is 0 Å². The van der Waals surface area contributed by atoms with Crippen LogP contribution in [0.4, 0.5) is 11.5 Å². The lowest BCUT2D eigenvalue weighted by Crippen LogP contribution is -2.36. The molecule has 0 spiro atoms. The molecular formula is C18H21N3O4. The van der Waals surface area contributed by atoms with E-state index in [9.17, 15) is 4.79 Å². The lowest BCUT2D eigenvalue weighted by molar-refractivity contribution is -0.118. The maximum Gasteiger partial charge on any atom is 0.262 e. The Bertz CT molecular complexity index is 700. The van der Waals surface area contributed by atoms with Crippen molar-refractivity contribution in [3.63, 3.8) is 0 Å². The van der Waals surface area contributed by atoms with Crippen LogP contribution in [0.5, 0.6) is 11.5 Å². The van der Waals surface area contributed by atoms with E-state index in [1.165, 1.54) is 0 Å². The molecule has 1 aliphatic heterocycles. The van der Waals surface area contributed by atoms with E-state index in [1.807, 2.05) is 24.3 Å². The number of carbonyl (C=O) groups is 1. The summed E-state index contributed by atoms with van der Waals surface area (Å²) < 4.78 is 16.0. The van der Waals surface area contributed by atoms with Gasteiger partial charge >= 0.3 is 0 Å². The third kappa shape index (κ3) is 4.60. The molecule has 1 aromatic carbocycles. The Kier molecular flexibility index (Phi) is 5.69. The van der Waals surface area contributed by atoms with Crippen LogP contribution in [0, 0.1) is 0 Å². The fourth-order valence-electron chi connectivity index (χ4n) is 2.52. The quantitative estimate of drug-likeness (QED) is 0.864. The van der Waals surface area contributed by atoms with Gasteiger partial charge in [-0.3, -0.25) is 4.79 Å². The maximum atomic E-state index is 12.0. The third-order valence-electron chi connectivity index (χ3n) is 3.79. The Morgan fingerprint density at radius 2 is 1.96 bits per heavy atom. The molecule has 1 fully saturated rings. The van der Waals surface area contributed by atoms with Crippen molar-refractivity contribution in [3.05, 3.63) is 42.6 Å². The number of hydrogen-bond donors (Lipinski definition) is 1. The summed E-state index contributed by atoms with van der Waals surface area (Å²) in [6.07, 6.45) is 1.64. The standard InChI is InChI=1S/C18H21N3O4/c1-23-15-4-2-3-5-16(15)25-13-18(22)20-14-6-7-17(19-12-14)21-8-10-24-11-9-21/h2-7,12H,8-11,13H2,1H3,(H,20,22). The molecule has 1 aromatic heterocycles. The summed E-state index contributed by atoms with van der Waals surface area (Å²) in [7, 11) is 1.56. The summed E-state index contributed by atoms with van der Waals surface area (Å²) in [5.74, 6) is 1.74. The predicted octanol–water partition coefficient (Wildman–Crippen LogP) is 1.94. The van der Waals surface area contributed by atoms with Gasteiger partial charge in [0.15, 0.2) is 18.1 Å². The molecule has 1 saturated heterocycles. The van der Waals surface area contributed by atoms with Gasteiger partial charge in [-0.25, -0.2) is 4.98 Å². The highest BCUT2D eigenvalue weighted by Gasteiger charge is 2.12. The topological polar surface area (TPSA) is 72.9 Å². The van der Waals surface area contributed by atoms with E-state index in [2.05, 4.69) is 15.2 Å². The second kappa shape index (κ2) is 8.34. The second-order valence-electron chi connectivity index (χ2n) is 5.49. The summed E-state index contributed by atoms with van der Waals surface area (Å²) in [4.78, 5) is 18.6. The number of methoxy groups -OCH3 is 1. The molecule has 1 aliphatic rings. The minimum absolute atomic E-state index is 0.106. The van der Waals surface area contributed by atoms with Gasteiger partial charge in [0.25, 0.3) is 5.91 Å². The smallest absolute Gasteiger partial charge is 0.262 e. The summed E-state index contributed by atoms with van der Waals surface area (Å²) in [6.45, 7) is 2.96. The first-order valence-corrected chi connectivity index (χ1v) is 8.10. The number of ether oxygens (including phenoxy) is 3. The molecule has 7 heteroatoms. The van der Waals surface area contributed by atoms with Crippen LogP contribution in [-0.4, -0.2) is 50.9 Å². The number of amides is 1. The highest BCUT2D eigenvalue weighted by atomic mass is 16.5. The zero-order valence-corrected chi connectivity index (χ0v) is 14.1. The van der Waals surface area contributed by atoms with Gasteiger partial charge in [-0.2, -0.15) is 0 Å². The van der Waals surface area contributed by atoms with E-state index in [-0.39, 0.29) is 12.5 Å². The molecule has 0 bridgehead atoms. The molecule has 0 atom stereocenters. The second-order valence-corrected chi connectivity index (χ2v) is 5.49. The van der Waals surface area contributed by atoms with Crippen LogP contribution in [0.3, 0.4) is 0 Å². The van der Waals surface area contributed by atoms with Crippen molar-refractivity contribution in [1.82, 2.24) is 4.98 Å². The van der Waals surface area contributed by atoms with Crippen molar-refractivity contribution in [2.75, 3.05) is 50.2 Å². The van der Waals surface area contributed by atoms with Crippen LogP contribution < -0.4 is 19.7 Å². The number of pyridine rings is 1. The molecular weight excluding hydrogens is 322 g/mol. The zero-order chi connectivity index (χ0) is 17.5. The largest absolute Gasteiger partial charge is 0.493 e. The zero-order valence-electron chi connectivity index (χ0n) is 14.1. The van der Waals surface area contributed by atoms with Crippen LogP contribution in [0.2, 0.25) is 0 Å². The van der Waals surface area contributed by atoms with E-state index < -0.39 is 0 Å². The van der Waals surface area contributed by atoms with Crippen molar-refractivity contribution in [3.8, 4) is 11.5 Å². The Hall–Kier alpha value is -2.80. The van der Waals surface area contributed by atoms with Crippen LogP contribution in [-0.2, 0) is 9.53 Å². The summed E-state index contributed by atoms with van der Waals surface area (Å²) >= 11 is 0. The Morgan fingerprint density at radius 3 is 2.64 bits per heavy atom. The van der Waals surface area contributed by atoms with Crippen molar-refractivity contribution < 1.29 is 19.0 Å². The van der Waals surface area contributed by atoms with Crippen molar-refractivity contribution >= 4 is 17.4 Å². The normalized spacial score (nSPS) is 14.0. The van der Waals surface area contributed by atoms with E-state index in [4.69, 9.17) is 14.2 Å². The number of hydrogen-bond acceptors (Lipinski definition) is 6. The highest BCUT2D eigenvalue weighted by molar-refractivity contribution is 5.91. The molecule has 2 heterocycles. The fourth-order valence-corrected chi connectivity index (χ4v) is 2.52. The van der Waals surface area contributed by atoms with Gasteiger partial charge in [-0.05, 0) is 24.3 Å². The number of nitrogens with zero attached hydrogens (tertiary/aromatic N) is 2. The minimum Gasteiger partial charge on any atom is -0.493 e. The first-order chi connectivity index (χ1) is 12.3. The van der Waals surface area contributed by atoms with Crippen LogP contribution in [0.15, 0.2) is 42.6 Å². The number of nitrogens with one attached hydrogen (secondary N) is 1. The average molecular weight is 343 g/mol.